The molecule has 40 valence electrons. The van der Waals surface area contributed by atoms with Crippen LogP contribution in [0.5, 0.6) is 0 Å². The summed E-state index contributed by atoms with van der Waals surface area (Å²) in [6.45, 7) is 0. The van der Waals surface area contributed by atoms with Crippen molar-refractivity contribution in [2.45, 2.75) is 0 Å². The van der Waals surface area contributed by atoms with Gasteiger partial charge in [-0.3, -0.25) is 4.98 Å². The van der Waals surface area contributed by atoms with Crippen molar-refractivity contribution in [2.75, 3.05) is 5.73 Å². The summed E-state index contributed by atoms with van der Waals surface area (Å²) in [6, 6.07) is 1.66. The van der Waals surface area contributed by atoms with Gasteiger partial charge in [0.15, 0.2) is 7.85 Å². The smallest absolute Gasteiger partial charge is 0.189 e. The minimum absolute atomic E-state index is 0.525. The molecule has 0 atom stereocenters. The topological polar surface area (TPSA) is 51.8 Å². The van der Waals surface area contributed by atoms with Crippen LogP contribution in [0.1, 0.15) is 0 Å². The Labute approximate surface area is 48.4 Å². The Morgan fingerprint density at radius 1 is 1.62 bits per heavy atom. The molecule has 8 heavy (non-hydrogen) atoms. The van der Waals surface area contributed by atoms with E-state index in [4.69, 9.17) is 5.73 Å². The van der Waals surface area contributed by atoms with Crippen molar-refractivity contribution in [1.82, 2.24) is 9.97 Å². The summed E-state index contributed by atoms with van der Waals surface area (Å²) in [5.74, 6) is 0.525. The van der Waals surface area contributed by atoms with Crippen molar-refractivity contribution in [2.24, 2.45) is 0 Å². The van der Waals surface area contributed by atoms with Crippen LogP contribution in [0.15, 0.2) is 12.3 Å². The molecule has 0 saturated heterocycles. The highest BCUT2D eigenvalue weighted by molar-refractivity contribution is 6.29. The van der Waals surface area contributed by atoms with E-state index in [0.717, 1.165) is 0 Å². The molecule has 0 aliphatic heterocycles. The highest BCUT2D eigenvalue weighted by atomic mass is 14.9. The van der Waals surface area contributed by atoms with E-state index in [-0.39, 0.29) is 0 Å². The van der Waals surface area contributed by atoms with E-state index in [2.05, 4.69) is 9.97 Å². The van der Waals surface area contributed by atoms with E-state index in [1.807, 2.05) is 0 Å². The van der Waals surface area contributed by atoms with Crippen LogP contribution in [0.2, 0.25) is 0 Å². The van der Waals surface area contributed by atoms with Crippen LogP contribution in [0, 0.1) is 0 Å². The number of anilines is 1. The zero-order chi connectivity index (χ0) is 5.98. The first kappa shape index (κ1) is 5.09. The lowest BCUT2D eigenvalue weighted by molar-refractivity contribution is 1.25. The standard InChI is InChI=1S/C4H6BN3/c5-4-7-2-1-3(6)8-4/h1-2H,5H2,(H2,6,7,8). The number of hydrogen-bond donors (Lipinski definition) is 1. The van der Waals surface area contributed by atoms with Gasteiger partial charge in [0.2, 0.25) is 0 Å². The molecular formula is C4H6BN3. The van der Waals surface area contributed by atoms with Gasteiger partial charge in [-0.25, -0.2) is 4.98 Å². The average molecular weight is 107 g/mol. The molecule has 0 aliphatic rings. The van der Waals surface area contributed by atoms with Crippen LogP contribution in [-0.4, -0.2) is 17.8 Å². The molecule has 0 bridgehead atoms. The van der Waals surface area contributed by atoms with Crippen LogP contribution in [0.3, 0.4) is 0 Å². The third kappa shape index (κ3) is 0.962. The molecule has 0 radical (unpaired) electrons. The number of rotatable bonds is 0. The number of aromatic nitrogens is 2. The minimum Gasteiger partial charge on any atom is -0.384 e. The van der Waals surface area contributed by atoms with Gasteiger partial charge in [-0.05, 0) is 6.07 Å². The number of nitrogens with zero attached hydrogens (tertiary/aromatic N) is 2. The molecule has 3 nitrogen and oxygen atoms in total. The molecule has 1 aromatic heterocycles. The average Bonchev–Trinajstić information content (AvgIpc) is 1.64. The SMILES string of the molecule is Bc1nccc(N)n1. The van der Waals surface area contributed by atoms with Crippen molar-refractivity contribution >= 4 is 19.4 Å². The van der Waals surface area contributed by atoms with Crippen molar-refractivity contribution in [3.63, 3.8) is 0 Å². The van der Waals surface area contributed by atoms with Crippen LogP contribution in [-0.2, 0) is 0 Å². The molecule has 2 N–H and O–H groups in total. The molecule has 0 spiro atoms. The summed E-state index contributed by atoms with van der Waals surface area (Å²) in [5.41, 5.74) is 6.02. The van der Waals surface area contributed by atoms with E-state index in [9.17, 15) is 0 Å². The van der Waals surface area contributed by atoms with E-state index < -0.39 is 0 Å². The van der Waals surface area contributed by atoms with E-state index >= 15 is 0 Å². The highest BCUT2D eigenvalue weighted by Gasteiger charge is 1.84. The zero-order valence-electron chi connectivity index (χ0n) is 4.63. The lowest BCUT2D eigenvalue weighted by atomic mass is 10.1. The van der Waals surface area contributed by atoms with Crippen LogP contribution >= 0.6 is 0 Å². The first-order valence-corrected chi connectivity index (χ1v) is 2.34. The number of hydrogen-bond acceptors (Lipinski definition) is 3. The van der Waals surface area contributed by atoms with Crippen molar-refractivity contribution in [3.8, 4) is 0 Å². The predicted octanol–water partition coefficient (Wildman–Crippen LogP) is -1.68. The van der Waals surface area contributed by atoms with Crippen LogP contribution < -0.4 is 11.5 Å². The summed E-state index contributed by atoms with van der Waals surface area (Å²) < 4.78 is 0. The van der Waals surface area contributed by atoms with Crippen LogP contribution in [0.4, 0.5) is 5.82 Å². The largest absolute Gasteiger partial charge is 0.384 e. The predicted molar refractivity (Wildman–Crippen MR) is 34.6 cm³/mol. The van der Waals surface area contributed by atoms with Crippen molar-refractivity contribution in [3.05, 3.63) is 12.3 Å². The third-order valence-corrected chi connectivity index (χ3v) is 0.798. The Morgan fingerprint density at radius 3 is 2.75 bits per heavy atom. The summed E-state index contributed by atoms with van der Waals surface area (Å²) in [5, 5.41) is 0. The van der Waals surface area contributed by atoms with Gasteiger partial charge < -0.3 is 5.73 Å². The maximum Gasteiger partial charge on any atom is 0.189 e. The second kappa shape index (κ2) is 1.82. The Hall–Kier alpha value is -1.06. The molecule has 0 amide bonds. The molecule has 1 heterocycles. The first-order valence-electron chi connectivity index (χ1n) is 2.34. The minimum atomic E-state index is 0.525. The lowest BCUT2D eigenvalue weighted by Crippen LogP contribution is -2.13. The fourth-order valence-corrected chi connectivity index (χ4v) is 0.474. The maximum atomic E-state index is 5.31. The van der Waals surface area contributed by atoms with Gasteiger partial charge in [0.1, 0.15) is 5.82 Å². The summed E-state index contributed by atoms with van der Waals surface area (Å²) >= 11 is 0. The Bertz CT molecular complexity index is 171. The Morgan fingerprint density at radius 2 is 2.38 bits per heavy atom. The number of nitrogen functional groups attached to an aromatic ring is 1. The molecular weight excluding hydrogens is 101 g/mol. The van der Waals surface area contributed by atoms with Gasteiger partial charge >= 0.3 is 0 Å². The van der Waals surface area contributed by atoms with Gasteiger partial charge in [0.05, 0.1) is 5.72 Å². The maximum absolute atomic E-state index is 5.31. The first-order chi connectivity index (χ1) is 3.79. The van der Waals surface area contributed by atoms with Gasteiger partial charge in [0.25, 0.3) is 0 Å². The third-order valence-electron chi connectivity index (χ3n) is 0.798. The van der Waals surface area contributed by atoms with Crippen molar-refractivity contribution in [1.29, 1.82) is 0 Å². The molecule has 0 aromatic carbocycles. The fraction of sp³-hybridized carbons (Fsp3) is 0. The van der Waals surface area contributed by atoms with E-state index in [1.165, 1.54) is 0 Å². The van der Waals surface area contributed by atoms with Gasteiger partial charge in [-0.1, -0.05) is 0 Å². The number of nitrogens with two attached hydrogens (primary N) is 1. The highest BCUT2D eigenvalue weighted by Crippen LogP contribution is 1.84. The van der Waals surface area contributed by atoms with E-state index in [0.29, 0.717) is 11.5 Å². The molecule has 0 saturated carbocycles. The molecule has 0 fully saturated rings. The van der Waals surface area contributed by atoms with Gasteiger partial charge in [0, 0.05) is 6.20 Å². The van der Waals surface area contributed by atoms with Crippen molar-refractivity contribution < 1.29 is 0 Å². The normalized spacial score (nSPS) is 9.00. The van der Waals surface area contributed by atoms with Crippen LogP contribution in [0.25, 0.3) is 0 Å². The quantitative estimate of drug-likeness (QED) is 0.402. The lowest BCUT2D eigenvalue weighted by Gasteiger charge is -1.89. The fourth-order valence-electron chi connectivity index (χ4n) is 0.474. The molecule has 1 rings (SSSR count). The van der Waals surface area contributed by atoms with Gasteiger partial charge in [-0.15, -0.1) is 0 Å². The zero-order valence-corrected chi connectivity index (χ0v) is 4.63. The summed E-state index contributed by atoms with van der Waals surface area (Å²) in [4.78, 5) is 7.69. The summed E-state index contributed by atoms with van der Waals surface area (Å²) in [6.07, 6.45) is 1.64. The molecule has 4 heteroatoms. The Balaban J connectivity index is 3.08. The van der Waals surface area contributed by atoms with Gasteiger partial charge in [-0.2, -0.15) is 0 Å². The molecule has 0 aliphatic carbocycles. The monoisotopic (exact) mass is 107 g/mol. The molecule has 0 unspecified atom stereocenters. The second-order valence-corrected chi connectivity index (χ2v) is 1.53. The van der Waals surface area contributed by atoms with E-state index in [1.54, 1.807) is 20.1 Å². The second-order valence-electron chi connectivity index (χ2n) is 1.53. The molecule has 1 aromatic rings. The summed E-state index contributed by atoms with van der Waals surface area (Å²) in [7, 11) is 1.80. The Kier molecular flexibility index (Phi) is 1.16.